The third-order valence-corrected chi connectivity index (χ3v) is 6.72. The molecule has 0 aliphatic heterocycles. The normalized spacial score (nSPS) is 11.2. The minimum absolute atomic E-state index is 0.352. The van der Waals surface area contributed by atoms with Crippen molar-refractivity contribution >= 4 is 11.0 Å². The third-order valence-electron chi connectivity index (χ3n) is 6.72. The second kappa shape index (κ2) is 10.2. The van der Waals surface area contributed by atoms with Crippen molar-refractivity contribution in [3.05, 3.63) is 133 Å². The fourth-order valence-corrected chi connectivity index (χ4v) is 4.70. The molecule has 4 aromatic carbocycles. The molecule has 0 saturated carbocycles. The average molecular weight is 539 g/mol. The van der Waals surface area contributed by atoms with Crippen molar-refractivity contribution in [3.63, 3.8) is 0 Å². The topological polar surface area (TPSA) is 69.4 Å². The van der Waals surface area contributed by atoms with Gasteiger partial charge in [-0.15, -0.1) is 0 Å². The average Bonchev–Trinajstić information content (AvgIpc) is 3.42. The van der Waals surface area contributed by atoms with Crippen LogP contribution in [-0.2, 0) is 0 Å². The lowest BCUT2D eigenvalue weighted by Gasteiger charge is -2.11. The van der Waals surface area contributed by atoms with Crippen molar-refractivity contribution in [1.29, 1.82) is 0 Å². The van der Waals surface area contributed by atoms with Gasteiger partial charge >= 0.3 is 0 Å². The van der Waals surface area contributed by atoms with E-state index in [1.807, 2.05) is 60.7 Å². The van der Waals surface area contributed by atoms with Crippen molar-refractivity contribution in [3.8, 4) is 51.2 Å². The van der Waals surface area contributed by atoms with Gasteiger partial charge in [-0.05, 0) is 72.8 Å². The van der Waals surface area contributed by atoms with Crippen molar-refractivity contribution in [2.45, 2.75) is 0 Å². The van der Waals surface area contributed by atoms with E-state index in [1.165, 1.54) is 24.3 Å². The lowest BCUT2D eigenvalue weighted by molar-refractivity contribution is 0.627. The molecule has 8 heteroatoms. The number of hydrogen-bond acceptors (Lipinski definition) is 5. The Labute approximate surface area is 233 Å². The zero-order valence-corrected chi connectivity index (χ0v) is 21.5. The number of hydrogen-bond donors (Lipinski definition) is 0. The molecule has 0 radical (unpaired) electrons. The third kappa shape index (κ3) is 4.72. The summed E-state index contributed by atoms with van der Waals surface area (Å²) in [4.78, 5) is 23.1. The summed E-state index contributed by atoms with van der Waals surface area (Å²) < 4.78 is 29.3. The highest BCUT2D eigenvalue weighted by molar-refractivity contribution is 5.83. The lowest BCUT2D eigenvalue weighted by atomic mass is 10.1. The largest absolute Gasteiger partial charge is 0.292 e. The Hall–Kier alpha value is -5.63. The van der Waals surface area contributed by atoms with E-state index in [0.717, 1.165) is 33.7 Å². The summed E-state index contributed by atoms with van der Waals surface area (Å²) in [5.74, 6) is 1.30. The number of aromatic nitrogens is 6. The van der Waals surface area contributed by atoms with Crippen LogP contribution in [0.2, 0.25) is 0 Å². The van der Waals surface area contributed by atoms with Crippen molar-refractivity contribution in [2.24, 2.45) is 0 Å². The highest BCUT2D eigenvalue weighted by Crippen LogP contribution is 2.31. The first kappa shape index (κ1) is 24.4. The molecule has 7 aromatic rings. The summed E-state index contributed by atoms with van der Waals surface area (Å²) in [5.41, 5.74) is 5.78. The van der Waals surface area contributed by atoms with Crippen LogP contribution in [-0.4, -0.2) is 29.5 Å². The van der Waals surface area contributed by atoms with Gasteiger partial charge < -0.3 is 0 Å². The van der Waals surface area contributed by atoms with Gasteiger partial charge in [-0.2, -0.15) is 0 Å². The van der Waals surface area contributed by atoms with Gasteiger partial charge in [-0.1, -0.05) is 36.4 Å². The molecule has 0 aliphatic carbocycles. The Kier molecular flexibility index (Phi) is 6.05. The van der Waals surface area contributed by atoms with Gasteiger partial charge in [-0.25, -0.2) is 28.7 Å². The summed E-state index contributed by atoms with van der Waals surface area (Å²) in [6.07, 6.45) is 3.52. The monoisotopic (exact) mass is 538 g/mol. The Morgan fingerprint density at radius 2 is 0.927 bits per heavy atom. The summed E-state index contributed by atoms with van der Waals surface area (Å²) in [7, 11) is 0. The van der Waals surface area contributed by atoms with Crippen LogP contribution < -0.4 is 0 Å². The van der Waals surface area contributed by atoms with Crippen molar-refractivity contribution in [2.75, 3.05) is 0 Å². The van der Waals surface area contributed by atoms with Crippen molar-refractivity contribution < 1.29 is 8.78 Å². The van der Waals surface area contributed by atoms with E-state index in [4.69, 9.17) is 15.0 Å². The summed E-state index contributed by atoms with van der Waals surface area (Å²) in [5, 5.41) is 0. The predicted octanol–water partition coefficient (Wildman–Crippen LogP) is 7.55. The van der Waals surface area contributed by atoms with Gasteiger partial charge in [0.25, 0.3) is 0 Å². The van der Waals surface area contributed by atoms with Crippen LogP contribution in [0.25, 0.3) is 62.3 Å². The molecule has 3 heterocycles. The Bertz CT molecular complexity index is 1920. The van der Waals surface area contributed by atoms with E-state index in [0.29, 0.717) is 28.6 Å². The predicted molar refractivity (Wildman–Crippen MR) is 154 cm³/mol. The number of nitrogens with zero attached hydrogens (tertiary/aromatic N) is 6. The number of rotatable bonds is 5. The maximum Gasteiger partial charge on any atom is 0.164 e. The standard InChI is InChI=1S/C33H20F2N6/c34-25-13-9-22(10-14-25)31-38-30(39-32(40-31)23-11-15-26(35)16-12-23)21-5-7-24(8-6-21)33-37-28-3-1-2-4-29(28)41(33)27-17-19-36-20-18-27/h1-20H. The molecule has 0 spiro atoms. The molecular weight excluding hydrogens is 518 g/mol. The number of halogens is 2. The van der Waals surface area contributed by atoms with Crippen LogP contribution in [0.4, 0.5) is 8.78 Å². The highest BCUT2D eigenvalue weighted by Gasteiger charge is 2.16. The van der Waals surface area contributed by atoms with Gasteiger partial charge in [-0.3, -0.25) is 9.55 Å². The number of pyridine rings is 1. The van der Waals surface area contributed by atoms with E-state index >= 15 is 0 Å². The molecule has 6 nitrogen and oxygen atoms in total. The molecule has 7 rings (SSSR count). The minimum atomic E-state index is -0.352. The van der Waals surface area contributed by atoms with E-state index in [1.54, 1.807) is 36.7 Å². The van der Waals surface area contributed by atoms with Crippen LogP contribution in [0.3, 0.4) is 0 Å². The van der Waals surface area contributed by atoms with Gasteiger partial charge in [0.05, 0.1) is 16.7 Å². The van der Waals surface area contributed by atoms with Crippen molar-refractivity contribution in [1.82, 2.24) is 29.5 Å². The summed E-state index contributed by atoms with van der Waals surface area (Å²) >= 11 is 0. The first-order valence-corrected chi connectivity index (χ1v) is 12.9. The Morgan fingerprint density at radius 3 is 1.46 bits per heavy atom. The zero-order chi connectivity index (χ0) is 27.8. The molecule has 3 aromatic heterocycles. The van der Waals surface area contributed by atoms with Gasteiger partial charge in [0.15, 0.2) is 17.5 Å². The quantitative estimate of drug-likeness (QED) is 0.226. The Balaban J connectivity index is 1.34. The highest BCUT2D eigenvalue weighted by atomic mass is 19.1. The molecule has 0 fully saturated rings. The SMILES string of the molecule is Fc1ccc(-c2nc(-c3ccc(F)cc3)nc(-c3ccc(-c4nc5ccccc5n4-c4ccncc4)cc3)n2)cc1. The molecule has 0 saturated heterocycles. The van der Waals surface area contributed by atoms with Crippen LogP contribution in [0.15, 0.2) is 122 Å². The maximum absolute atomic E-state index is 13.6. The van der Waals surface area contributed by atoms with Gasteiger partial charge in [0, 0.05) is 34.6 Å². The van der Waals surface area contributed by atoms with E-state index in [2.05, 4.69) is 14.5 Å². The molecule has 0 bridgehead atoms. The smallest absolute Gasteiger partial charge is 0.164 e. The van der Waals surface area contributed by atoms with E-state index in [9.17, 15) is 8.78 Å². The van der Waals surface area contributed by atoms with Crippen LogP contribution in [0.1, 0.15) is 0 Å². The second-order valence-corrected chi connectivity index (χ2v) is 9.36. The molecule has 0 atom stereocenters. The first-order chi connectivity index (χ1) is 20.1. The Morgan fingerprint density at radius 1 is 0.463 bits per heavy atom. The molecule has 196 valence electrons. The fourth-order valence-electron chi connectivity index (χ4n) is 4.70. The zero-order valence-electron chi connectivity index (χ0n) is 21.5. The molecule has 0 N–H and O–H groups in total. The summed E-state index contributed by atoms with van der Waals surface area (Å²) in [6, 6.07) is 31.6. The van der Waals surface area contributed by atoms with E-state index in [-0.39, 0.29) is 11.6 Å². The van der Waals surface area contributed by atoms with Gasteiger partial charge in [0.1, 0.15) is 17.5 Å². The first-order valence-electron chi connectivity index (χ1n) is 12.9. The van der Waals surface area contributed by atoms with E-state index < -0.39 is 0 Å². The summed E-state index contributed by atoms with van der Waals surface area (Å²) in [6.45, 7) is 0. The minimum Gasteiger partial charge on any atom is -0.292 e. The maximum atomic E-state index is 13.6. The number of benzene rings is 4. The number of imidazole rings is 1. The number of fused-ring (bicyclic) bond motifs is 1. The second-order valence-electron chi connectivity index (χ2n) is 9.36. The molecular formula is C33H20F2N6. The molecule has 0 unspecified atom stereocenters. The molecule has 0 aliphatic rings. The fraction of sp³-hybridized carbons (Fsp3) is 0. The lowest BCUT2D eigenvalue weighted by Crippen LogP contribution is -2.01. The molecule has 41 heavy (non-hydrogen) atoms. The van der Waals surface area contributed by atoms with Crippen LogP contribution in [0, 0.1) is 11.6 Å². The number of para-hydroxylation sites is 2. The van der Waals surface area contributed by atoms with Crippen LogP contribution in [0.5, 0.6) is 0 Å². The van der Waals surface area contributed by atoms with Crippen LogP contribution >= 0.6 is 0 Å². The van der Waals surface area contributed by atoms with Gasteiger partial charge in [0.2, 0.25) is 0 Å². The molecule has 0 amide bonds.